The lowest BCUT2D eigenvalue weighted by molar-refractivity contribution is -0.0664. The molecule has 3 aromatic heterocycles. The summed E-state index contributed by atoms with van der Waals surface area (Å²) < 4.78 is 49.0. The zero-order chi connectivity index (χ0) is 34.1. The molecule has 47 heavy (non-hydrogen) atoms. The minimum Gasteiger partial charge on any atom is -0.387 e. The van der Waals surface area contributed by atoms with E-state index in [-0.39, 0.29) is 23.0 Å². The summed E-state index contributed by atoms with van der Waals surface area (Å²) in [6, 6.07) is 7.54. The van der Waals surface area contributed by atoms with Crippen LogP contribution in [0.2, 0.25) is 5.28 Å². The van der Waals surface area contributed by atoms with Gasteiger partial charge in [-0.3, -0.25) is 13.7 Å². The van der Waals surface area contributed by atoms with Crippen LogP contribution in [0.3, 0.4) is 0 Å². The smallest absolute Gasteiger partial charge is 0.366 e. The number of hydrogen-bond donors (Lipinski definition) is 6. The summed E-state index contributed by atoms with van der Waals surface area (Å²) in [5.41, 5.74) is -0.0546. The second-order valence-electron chi connectivity index (χ2n) is 10.7. The molecule has 5 rings (SSSR count). The molecule has 4 aromatic rings. The molecule has 22 heteroatoms. The molecule has 1 fully saturated rings. The average molecular weight is 721 g/mol. The van der Waals surface area contributed by atoms with Crippen molar-refractivity contribution in [2.45, 2.75) is 56.6 Å². The molecule has 0 saturated carbocycles. The van der Waals surface area contributed by atoms with Gasteiger partial charge in [-0.2, -0.15) is 9.97 Å². The lowest BCUT2D eigenvalue weighted by Gasteiger charge is -2.24. The SMILES string of the molecule is CCCN(Cc1ccc(-c2cn(CCF)nn2)cc1)c1nc(Cl)nc2c1ncn2[C@@H]1O[C@H](COC(P(=O)(O)O)P(=O)(O)O)[C@@H](O)[C@H]1O. The van der Waals surface area contributed by atoms with Crippen LogP contribution in [-0.2, 0) is 31.7 Å². The Hall–Kier alpha value is -2.93. The fourth-order valence-corrected chi connectivity index (χ4v) is 7.40. The van der Waals surface area contributed by atoms with Gasteiger partial charge in [0, 0.05) is 18.7 Å². The standard InChI is InChI=1S/C25H32ClFN8O10P2/c1-2-8-33(10-14-3-5-15(6-4-14)16-11-34(9-7-27)32-31-16)21-18-22(30-24(26)29-21)35(13-28-18)23-20(37)19(36)17(45-23)12-44-25(46(38,39)40)47(41,42)43/h3-6,11,13,17,19-20,23,25,36-37H,2,7-10,12H2,1H3,(H2,38,39,40)(H2,41,42,43)/t17-,19-,20-,23-/m1/s1. The topological polar surface area (TPSA) is 252 Å². The Morgan fingerprint density at radius 3 is 2.45 bits per heavy atom. The second-order valence-corrected chi connectivity index (χ2v) is 14.7. The summed E-state index contributed by atoms with van der Waals surface area (Å²) in [6.07, 6.45) is -2.44. The van der Waals surface area contributed by atoms with E-state index in [0.29, 0.717) is 24.6 Å². The number of nitrogens with zero attached hydrogens (tertiary/aromatic N) is 8. The lowest BCUT2D eigenvalue weighted by atomic mass is 10.1. The molecular weight excluding hydrogens is 689 g/mol. The Kier molecular flexibility index (Phi) is 10.7. The van der Waals surface area contributed by atoms with Gasteiger partial charge in [-0.05, 0) is 23.6 Å². The third-order valence-corrected chi connectivity index (χ3v) is 10.7. The number of alkyl halides is 1. The monoisotopic (exact) mass is 720 g/mol. The van der Waals surface area contributed by atoms with Crippen molar-refractivity contribution >= 4 is 43.8 Å². The summed E-state index contributed by atoms with van der Waals surface area (Å²) in [6.45, 7) is 1.59. The predicted octanol–water partition coefficient (Wildman–Crippen LogP) is 1.40. The van der Waals surface area contributed by atoms with Gasteiger partial charge < -0.3 is 44.2 Å². The molecule has 0 unspecified atom stereocenters. The molecule has 256 valence electrons. The lowest BCUT2D eigenvalue weighted by Crippen LogP contribution is -2.35. The molecule has 1 aliphatic rings. The maximum absolute atomic E-state index is 12.6. The number of aliphatic hydroxyl groups excluding tert-OH is 2. The highest BCUT2D eigenvalue weighted by Crippen LogP contribution is 2.60. The maximum Gasteiger partial charge on any atom is 0.366 e. The molecule has 0 spiro atoms. The van der Waals surface area contributed by atoms with Crippen LogP contribution in [0.4, 0.5) is 10.2 Å². The van der Waals surface area contributed by atoms with Crippen molar-refractivity contribution in [2.75, 3.05) is 24.7 Å². The quantitative estimate of drug-likeness (QED) is 0.0795. The molecule has 4 heterocycles. The number of hydrogen-bond acceptors (Lipinski definition) is 12. The predicted molar refractivity (Wildman–Crippen MR) is 163 cm³/mol. The third-order valence-electron chi connectivity index (χ3n) is 7.24. The second kappa shape index (κ2) is 14.3. The Morgan fingerprint density at radius 1 is 1.11 bits per heavy atom. The number of halogens is 2. The maximum atomic E-state index is 12.6. The highest BCUT2D eigenvalue weighted by Gasteiger charge is 2.49. The van der Waals surface area contributed by atoms with Crippen molar-refractivity contribution in [1.29, 1.82) is 0 Å². The van der Waals surface area contributed by atoms with Crippen molar-refractivity contribution in [3.05, 3.63) is 47.6 Å². The largest absolute Gasteiger partial charge is 0.387 e. The van der Waals surface area contributed by atoms with E-state index in [1.807, 2.05) is 36.1 Å². The van der Waals surface area contributed by atoms with E-state index in [2.05, 4.69) is 25.3 Å². The number of aryl methyl sites for hydroxylation is 1. The third kappa shape index (κ3) is 7.87. The summed E-state index contributed by atoms with van der Waals surface area (Å²) in [4.78, 5) is 52.3. The fraction of sp³-hybridized carbons (Fsp3) is 0.480. The molecule has 1 saturated heterocycles. The zero-order valence-corrected chi connectivity index (χ0v) is 27.2. The summed E-state index contributed by atoms with van der Waals surface area (Å²) in [5, 5.41) is 29.2. The van der Waals surface area contributed by atoms with Gasteiger partial charge in [0.2, 0.25) is 5.28 Å². The van der Waals surface area contributed by atoms with E-state index in [1.165, 1.54) is 15.6 Å². The van der Waals surface area contributed by atoms with Crippen LogP contribution in [0.5, 0.6) is 0 Å². The van der Waals surface area contributed by atoms with E-state index in [0.717, 1.165) is 17.5 Å². The molecule has 0 bridgehead atoms. The van der Waals surface area contributed by atoms with Gasteiger partial charge in [0.05, 0.1) is 25.7 Å². The summed E-state index contributed by atoms with van der Waals surface area (Å²) in [7, 11) is -10.8. The Balaban J connectivity index is 1.37. The van der Waals surface area contributed by atoms with E-state index in [9.17, 15) is 43.3 Å². The number of imidazole rings is 1. The van der Waals surface area contributed by atoms with Crippen LogP contribution in [0.1, 0.15) is 25.1 Å². The van der Waals surface area contributed by atoms with E-state index in [4.69, 9.17) is 21.1 Å². The molecule has 4 atom stereocenters. The molecule has 0 aliphatic carbocycles. The van der Waals surface area contributed by atoms with Gasteiger partial charge in [0.25, 0.3) is 5.59 Å². The number of fused-ring (bicyclic) bond motifs is 1. The van der Waals surface area contributed by atoms with Crippen molar-refractivity contribution < 1.29 is 52.8 Å². The minimum absolute atomic E-state index is 0.114. The average Bonchev–Trinajstić information content (AvgIpc) is 3.70. The molecular formula is C25H32ClFN8O10P2. The van der Waals surface area contributed by atoms with Gasteiger partial charge in [0.15, 0.2) is 23.2 Å². The summed E-state index contributed by atoms with van der Waals surface area (Å²) in [5.74, 6) is 0.373. The first-order valence-corrected chi connectivity index (χ1v) is 17.9. The van der Waals surface area contributed by atoms with E-state index < -0.39 is 58.6 Å². The minimum atomic E-state index is -5.41. The van der Waals surface area contributed by atoms with Crippen LogP contribution >= 0.6 is 26.8 Å². The van der Waals surface area contributed by atoms with Crippen LogP contribution in [0.15, 0.2) is 36.8 Å². The molecule has 0 amide bonds. The number of aromatic nitrogens is 7. The van der Waals surface area contributed by atoms with Gasteiger partial charge in [-0.25, -0.2) is 14.1 Å². The number of ether oxygens (including phenoxy) is 2. The van der Waals surface area contributed by atoms with Crippen molar-refractivity contribution in [2.24, 2.45) is 0 Å². The summed E-state index contributed by atoms with van der Waals surface area (Å²) >= 11 is 6.33. The van der Waals surface area contributed by atoms with E-state index in [1.54, 1.807) is 6.20 Å². The van der Waals surface area contributed by atoms with Crippen LogP contribution in [0.25, 0.3) is 22.4 Å². The van der Waals surface area contributed by atoms with Gasteiger partial charge in [-0.1, -0.05) is 36.4 Å². The number of anilines is 1. The Labute approximate surface area is 271 Å². The van der Waals surface area contributed by atoms with Crippen LogP contribution in [0, 0.1) is 0 Å². The van der Waals surface area contributed by atoms with Gasteiger partial charge in [0.1, 0.15) is 30.7 Å². The molecule has 1 aromatic carbocycles. The van der Waals surface area contributed by atoms with Gasteiger partial charge >= 0.3 is 15.2 Å². The highest BCUT2D eigenvalue weighted by molar-refractivity contribution is 7.70. The first kappa shape index (κ1) is 35.4. The zero-order valence-electron chi connectivity index (χ0n) is 24.6. The van der Waals surface area contributed by atoms with E-state index >= 15 is 0 Å². The van der Waals surface area contributed by atoms with Crippen molar-refractivity contribution in [3.8, 4) is 11.3 Å². The fourth-order valence-electron chi connectivity index (χ4n) is 5.11. The number of rotatable bonds is 14. The molecule has 6 N–H and O–H groups in total. The van der Waals surface area contributed by atoms with Crippen molar-refractivity contribution in [1.82, 2.24) is 34.5 Å². The highest BCUT2D eigenvalue weighted by atomic mass is 35.5. The number of benzene rings is 1. The van der Waals surface area contributed by atoms with Gasteiger partial charge in [-0.15, -0.1) is 5.10 Å². The van der Waals surface area contributed by atoms with Crippen molar-refractivity contribution in [3.63, 3.8) is 0 Å². The Morgan fingerprint density at radius 2 is 1.81 bits per heavy atom. The number of aliphatic hydroxyl groups is 2. The molecule has 1 aliphatic heterocycles. The van der Waals surface area contributed by atoms with Crippen LogP contribution in [-0.4, -0.2) is 108 Å². The normalized spacial score (nSPS) is 20.5. The first-order valence-electron chi connectivity index (χ1n) is 14.1. The van der Waals surface area contributed by atoms with Crippen LogP contribution < -0.4 is 4.90 Å². The molecule has 0 radical (unpaired) electrons. The first-order chi connectivity index (χ1) is 22.2. The molecule has 18 nitrogen and oxygen atoms in total. The Bertz CT molecular complexity index is 1760.